The molecule has 1 heterocycles. The summed E-state index contributed by atoms with van der Waals surface area (Å²) in [5.74, 6) is 0.0231. The lowest BCUT2D eigenvalue weighted by Gasteiger charge is -2.37. The maximum absolute atomic E-state index is 13.8. The third-order valence-corrected chi connectivity index (χ3v) is 5.77. The van der Waals surface area contributed by atoms with Gasteiger partial charge in [0.05, 0.1) is 32.3 Å². The number of nitrogens with one attached hydrogen (secondary N) is 1. The van der Waals surface area contributed by atoms with Crippen LogP contribution in [0.15, 0.2) is 58.6 Å². The monoisotopic (exact) mass is 464 g/mol. The fourth-order valence-corrected chi connectivity index (χ4v) is 4.13. The fraction of sp³-hybridized carbons (Fsp3) is 0.560. The largest absolute Gasteiger partial charge is 0.469 e. The van der Waals surface area contributed by atoms with Gasteiger partial charge in [-0.05, 0) is 17.1 Å². The first-order chi connectivity index (χ1) is 15.6. The van der Waals surface area contributed by atoms with Gasteiger partial charge in [-0.15, -0.1) is 0 Å². The van der Waals surface area contributed by atoms with Crippen LogP contribution in [-0.2, 0) is 9.53 Å². The number of esters is 1. The molecule has 0 radical (unpaired) electrons. The highest BCUT2D eigenvalue weighted by atomic mass is 19.1. The summed E-state index contributed by atoms with van der Waals surface area (Å²) >= 11 is 0. The van der Waals surface area contributed by atoms with Crippen LogP contribution >= 0.6 is 0 Å². The van der Waals surface area contributed by atoms with E-state index < -0.39 is 24.3 Å². The molecule has 2 aliphatic rings. The van der Waals surface area contributed by atoms with E-state index in [2.05, 4.69) is 10.1 Å². The Hall–Kier alpha value is -2.42. The quantitative estimate of drug-likeness (QED) is 0.368. The maximum atomic E-state index is 13.8. The molecule has 0 aromatic carbocycles. The highest BCUT2D eigenvalue weighted by Crippen LogP contribution is 2.40. The minimum Gasteiger partial charge on any atom is -0.469 e. The molecule has 0 saturated heterocycles. The molecule has 184 valence electrons. The number of hydrogen-bond acceptors (Lipinski definition) is 7. The van der Waals surface area contributed by atoms with Crippen molar-refractivity contribution < 1.29 is 29.2 Å². The van der Waals surface area contributed by atoms with E-state index in [4.69, 9.17) is 0 Å². The van der Waals surface area contributed by atoms with E-state index in [1.807, 2.05) is 38.9 Å². The predicted octanol–water partition coefficient (Wildman–Crippen LogP) is 2.34. The van der Waals surface area contributed by atoms with Gasteiger partial charge < -0.3 is 30.3 Å². The van der Waals surface area contributed by atoms with Gasteiger partial charge in [0.2, 0.25) is 0 Å². The number of methoxy groups -OCH3 is 1. The second-order valence-electron chi connectivity index (χ2n) is 8.92. The van der Waals surface area contributed by atoms with Gasteiger partial charge in [0, 0.05) is 44.1 Å². The van der Waals surface area contributed by atoms with Crippen LogP contribution < -0.4 is 5.32 Å². The number of ether oxygens (including phenoxy) is 1. The molecular weight excluding hydrogens is 427 g/mol. The number of aliphatic hydroxyl groups is 3. The van der Waals surface area contributed by atoms with Crippen molar-refractivity contribution in [3.8, 4) is 0 Å². The summed E-state index contributed by atoms with van der Waals surface area (Å²) in [5, 5.41) is 34.2. The Morgan fingerprint density at radius 1 is 1.36 bits per heavy atom. The first kappa shape index (κ1) is 26.8. The van der Waals surface area contributed by atoms with Crippen molar-refractivity contribution in [1.82, 2.24) is 10.2 Å². The Labute approximate surface area is 195 Å². The third-order valence-electron chi connectivity index (χ3n) is 5.77. The van der Waals surface area contributed by atoms with Gasteiger partial charge in [-0.1, -0.05) is 44.2 Å². The zero-order chi connectivity index (χ0) is 24.7. The van der Waals surface area contributed by atoms with Crippen molar-refractivity contribution in [1.29, 1.82) is 0 Å². The lowest BCUT2D eigenvalue weighted by atomic mass is 9.77. The van der Waals surface area contributed by atoms with Crippen LogP contribution in [0.25, 0.3) is 0 Å². The standard InChI is InChI=1S/C25H37FN2O5/c1-15(2)24-20(11-10-18(30)12-19(31)13-22(32)33-5)23(16-6-8-17(26)9-7-16)21(14-29)25(27-24)28(3)4/h6-8,10-11,15,17-19,23,27,29-31H,9,12-14H2,1-5H3/b11-10+/t17?,18-,19-,23?/m1/s1. The normalized spacial score (nSPS) is 23.0. The van der Waals surface area contributed by atoms with Gasteiger partial charge in [0.1, 0.15) is 12.0 Å². The van der Waals surface area contributed by atoms with Crippen molar-refractivity contribution in [3.05, 3.63) is 58.6 Å². The molecule has 7 nitrogen and oxygen atoms in total. The molecule has 4 N–H and O–H groups in total. The van der Waals surface area contributed by atoms with E-state index in [1.165, 1.54) is 13.2 Å². The number of carbonyl (C=O) groups excluding carboxylic acids is 1. The smallest absolute Gasteiger partial charge is 0.308 e. The van der Waals surface area contributed by atoms with E-state index in [0.717, 1.165) is 28.2 Å². The van der Waals surface area contributed by atoms with Gasteiger partial charge >= 0.3 is 5.97 Å². The van der Waals surface area contributed by atoms with Gasteiger partial charge in [0.25, 0.3) is 0 Å². The predicted molar refractivity (Wildman–Crippen MR) is 125 cm³/mol. The molecule has 0 aromatic rings. The number of dihydropyridines is 1. The van der Waals surface area contributed by atoms with Crippen LogP contribution in [-0.4, -0.2) is 72.4 Å². The molecule has 0 aromatic heterocycles. The second kappa shape index (κ2) is 12.2. The molecule has 0 amide bonds. The van der Waals surface area contributed by atoms with Gasteiger partial charge in [-0.3, -0.25) is 4.79 Å². The highest BCUT2D eigenvalue weighted by Gasteiger charge is 2.33. The second-order valence-corrected chi connectivity index (χ2v) is 8.92. The summed E-state index contributed by atoms with van der Waals surface area (Å²) in [6.45, 7) is 3.89. The summed E-state index contributed by atoms with van der Waals surface area (Å²) in [6.07, 6.45) is 5.50. The minimum absolute atomic E-state index is 0.0221. The van der Waals surface area contributed by atoms with Crippen LogP contribution in [0.2, 0.25) is 0 Å². The number of hydrogen-bond donors (Lipinski definition) is 4. The summed E-state index contributed by atoms with van der Waals surface area (Å²) in [6, 6.07) is 0. The van der Waals surface area contributed by atoms with Crippen LogP contribution in [0.4, 0.5) is 4.39 Å². The summed E-state index contributed by atoms with van der Waals surface area (Å²) in [5.41, 5.74) is 3.41. The molecule has 0 saturated carbocycles. The van der Waals surface area contributed by atoms with Crippen LogP contribution in [0.3, 0.4) is 0 Å². The third kappa shape index (κ3) is 7.03. The molecule has 0 bridgehead atoms. The van der Waals surface area contributed by atoms with E-state index >= 15 is 0 Å². The van der Waals surface area contributed by atoms with E-state index in [1.54, 1.807) is 18.2 Å². The SMILES string of the molecule is COC(=O)C[C@H](O)C[C@H](O)/C=C/C1=C(C(C)C)NC(N(C)C)=C(CO)C1C1=CCC(F)C=C1. The van der Waals surface area contributed by atoms with E-state index in [-0.39, 0.29) is 37.7 Å². The average molecular weight is 465 g/mol. The van der Waals surface area contributed by atoms with Crippen LogP contribution in [0, 0.1) is 11.8 Å². The Morgan fingerprint density at radius 2 is 2.06 bits per heavy atom. The number of allylic oxidation sites excluding steroid dienone is 7. The van der Waals surface area contributed by atoms with Crippen molar-refractivity contribution >= 4 is 5.97 Å². The van der Waals surface area contributed by atoms with E-state index in [0.29, 0.717) is 0 Å². The topological polar surface area (TPSA) is 102 Å². The summed E-state index contributed by atoms with van der Waals surface area (Å²) < 4.78 is 18.3. The van der Waals surface area contributed by atoms with Gasteiger partial charge in [-0.2, -0.15) is 0 Å². The summed E-state index contributed by atoms with van der Waals surface area (Å²) in [7, 11) is 5.03. The van der Waals surface area contributed by atoms with Crippen LogP contribution in [0.5, 0.6) is 0 Å². The number of carbonyl (C=O) groups is 1. The van der Waals surface area contributed by atoms with E-state index in [9.17, 15) is 24.5 Å². The number of rotatable bonds is 10. The average Bonchev–Trinajstić information content (AvgIpc) is 2.76. The first-order valence-corrected chi connectivity index (χ1v) is 11.2. The highest BCUT2D eigenvalue weighted by molar-refractivity contribution is 5.69. The Kier molecular flexibility index (Phi) is 9.88. The minimum atomic E-state index is -1.03. The first-order valence-electron chi connectivity index (χ1n) is 11.2. The fourth-order valence-electron chi connectivity index (χ4n) is 4.13. The number of alkyl halides is 1. The van der Waals surface area contributed by atoms with Crippen molar-refractivity contribution in [3.63, 3.8) is 0 Å². The van der Waals surface area contributed by atoms with Crippen molar-refractivity contribution in [2.24, 2.45) is 11.8 Å². The molecule has 1 aliphatic carbocycles. The molecule has 1 aliphatic heterocycles. The Bertz CT molecular complexity index is 857. The number of nitrogens with zero attached hydrogens (tertiary/aromatic N) is 1. The molecule has 0 spiro atoms. The van der Waals surface area contributed by atoms with Crippen molar-refractivity contribution in [2.75, 3.05) is 27.8 Å². The van der Waals surface area contributed by atoms with Gasteiger partial charge in [0.15, 0.2) is 0 Å². The lowest BCUT2D eigenvalue weighted by molar-refractivity contribution is -0.143. The molecule has 8 heteroatoms. The maximum Gasteiger partial charge on any atom is 0.308 e. The van der Waals surface area contributed by atoms with Crippen LogP contribution in [0.1, 0.15) is 33.1 Å². The lowest BCUT2D eigenvalue weighted by Crippen LogP contribution is -2.37. The summed E-state index contributed by atoms with van der Waals surface area (Å²) in [4.78, 5) is 13.3. The molecular formula is C25H37FN2O5. The number of aliphatic hydroxyl groups excluding tert-OH is 3. The molecule has 2 rings (SSSR count). The Balaban J connectivity index is 2.43. The molecule has 33 heavy (non-hydrogen) atoms. The molecule has 0 fully saturated rings. The zero-order valence-electron chi connectivity index (χ0n) is 20.1. The van der Waals surface area contributed by atoms with Crippen molar-refractivity contribution in [2.45, 2.75) is 51.5 Å². The Morgan fingerprint density at radius 3 is 2.58 bits per heavy atom. The van der Waals surface area contributed by atoms with Gasteiger partial charge in [-0.25, -0.2) is 4.39 Å². The molecule has 4 atom stereocenters. The molecule has 2 unspecified atom stereocenters. The number of halogens is 1. The zero-order valence-corrected chi connectivity index (χ0v) is 20.1.